The maximum absolute atomic E-state index is 12.2. The SMILES string of the molecule is COc1ccc(CC(=O)NCc2cccnc2N(C)C)cc1OC. The van der Waals surface area contributed by atoms with E-state index in [1.54, 1.807) is 26.5 Å². The van der Waals surface area contributed by atoms with Gasteiger partial charge in [-0.1, -0.05) is 12.1 Å². The second kappa shape index (κ2) is 8.19. The monoisotopic (exact) mass is 329 g/mol. The molecule has 0 spiro atoms. The standard InChI is InChI=1S/C18H23N3O3/c1-21(2)18-14(6-5-9-19-18)12-20-17(22)11-13-7-8-15(23-3)16(10-13)24-4/h5-10H,11-12H2,1-4H3,(H,20,22). The molecule has 2 aromatic rings. The number of hydrogen-bond donors (Lipinski definition) is 1. The highest BCUT2D eigenvalue weighted by molar-refractivity contribution is 5.79. The van der Waals surface area contributed by atoms with Gasteiger partial charge in [-0.15, -0.1) is 0 Å². The Balaban J connectivity index is 1.99. The fourth-order valence-corrected chi connectivity index (χ4v) is 2.40. The number of amides is 1. The summed E-state index contributed by atoms with van der Waals surface area (Å²) < 4.78 is 10.5. The molecular weight excluding hydrogens is 306 g/mol. The van der Waals surface area contributed by atoms with Crippen LogP contribution in [0.2, 0.25) is 0 Å². The summed E-state index contributed by atoms with van der Waals surface area (Å²) in [5, 5.41) is 2.93. The van der Waals surface area contributed by atoms with Gasteiger partial charge in [-0.3, -0.25) is 4.79 Å². The lowest BCUT2D eigenvalue weighted by atomic mass is 10.1. The van der Waals surface area contributed by atoms with Gasteiger partial charge in [0.1, 0.15) is 5.82 Å². The van der Waals surface area contributed by atoms with E-state index >= 15 is 0 Å². The molecule has 0 saturated heterocycles. The molecule has 0 saturated carbocycles. The highest BCUT2D eigenvalue weighted by Gasteiger charge is 2.10. The van der Waals surface area contributed by atoms with Crippen molar-refractivity contribution in [1.82, 2.24) is 10.3 Å². The molecule has 128 valence electrons. The molecule has 24 heavy (non-hydrogen) atoms. The highest BCUT2D eigenvalue weighted by Crippen LogP contribution is 2.27. The Labute approximate surface area is 142 Å². The van der Waals surface area contributed by atoms with Crippen LogP contribution in [-0.2, 0) is 17.8 Å². The van der Waals surface area contributed by atoms with Crippen LogP contribution in [0.3, 0.4) is 0 Å². The molecule has 1 aromatic heterocycles. The number of methoxy groups -OCH3 is 2. The maximum atomic E-state index is 12.2. The molecule has 6 nitrogen and oxygen atoms in total. The van der Waals surface area contributed by atoms with Crippen LogP contribution in [0.15, 0.2) is 36.5 Å². The Morgan fingerprint density at radius 1 is 1.17 bits per heavy atom. The number of hydrogen-bond acceptors (Lipinski definition) is 5. The summed E-state index contributed by atoms with van der Waals surface area (Å²) in [7, 11) is 7.02. The van der Waals surface area contributed by atoms with E-state index < -0.39 is 0 Å². The second-order valence-corrected chi connectivity index (χ2v) is 5.52. The third kappa shape index (κ3) is 4.38. The molecule has 0 atom stereocenters. The van der Waals surface area contributed by atoms with Crippen molar-refractivity contribution in [2.75, 3.05) is 33.2 Å². The van der Waals surface area contributed by atoms with E-state index in [-0.39, 0.29) is 12.3 Å². The van der Waals surface area contributed by atoms with Crippen molar-refractivity contribution in [3.05, 3.63) is 47.7 Å². The van der Waals surface area contributed by atoms with E-state index in [2.05, 4.69) is 10.3 Å². The lowest BCUT2D eigenvalue weighted by Crippen LogP contribution is -2.26. The van der Waals surface area contributed by atoms with Crippen LogP contribution in [-0.4, -0.2) is 39.2 Å². The molecule has 2 rings (SSSR count). The van der Waals surface area contributed by atoms with Gasteiger partial charge in [-0.05, 0) is 23.8 Å². The summed E-state index contributed by atoms with van der Waals surface area (Å²) in [5.41, 5.74) is 1.84. The molecule has 0 bridgehead atoms. The molecule has 0 aliphatic carbocycles. The number of carbonyl (C=O) groups excluding carboxylic acids is 1. The third-order valence-electron chi connectivity index (χ3n) is 3.58. The molecule has 0 unspecified atom stereocenters. The van der Waals surface area contributed by atoms with E-state index in [1.165, 1.54) is 0 Å². The van der Waals surface area contributed by atoms with Crippen LogP contribution >= 0.6 is 0 Å². The minimum Gasteiger partial charge on any atom is -0.493 e. The van der Waals surface area contributed by atoms with Crippen LogP contribution in [0, 0.1) is 0 Å². The summed E-state index contributed by atoms with van der Waals surface area (Å²) in [5.74, 6) is 2.05. The highest BCUT2D eigenvalue weighted by atomic mass is 16.5. The molecule has 1 N–H and O–H groups in total. The maximum Gasteiger partial charge on any atom is 0.224 e. The smallest absolute Gasteiger partial charge is 0.224 e. The van der Waals surface area contributed by atoms with E-state index in [0.717, 1.165) is 16.9 Å². The van der Waals surface area contributed by atoms with E-state index in [9.17, 15) is 4.79 Å². The van der Waals surface area contributed by atoms with Crippen molar-refractivity contribution in [2.45, 2.75) is 13.0 Å². The zero-order chi connectivity index (χ0) is 17.5. The van der Waals surface area contributed by atoms with Gasteiger partial charge in [-0.2, -0.15) is 0 Å². The predicted octanol–water partition coefficient (Wildman–Crippen LogP) is 2.02. The Bertz CT molecular complexity index is 702. The van der Waals surface area contributed by atoms with Crippen LogP contribution in [0.4, 0.5) is 5.82 Å². The quantitative estimate of drug-likeness (QED) is 0.842. The number of rotatable bonds is 7. The van der Waals surface area contributed by atoms with E-state index in [1.807, 2.05) is 43.3 Å². The first-order chi connectivity index (χ1) is 11.5. The molecule has 1 heterocycles. The Morgan fingerprint density at radius 2 is 1.92 bits per heavy atom. The second-order valence-electron chi connectivity index (χ2n) is 5.52. The number of ether oxygens (including phenoxy) is 2. The van der Waals surface area contributed by atoms with Gasteiger partial charge in [0.05, 0.1) is 20.6 Å². The van der Waals surface area contributed by atoms with Crippen LogP contribution in [0.25, 0.3) is 0 Å². The van der Waals surface area contributed by atoms with Gasteiger partial charge >= 0.3 is 0 Å². The first-order valence-corrected chi connectivity index (χ1v) is 7.64. The Hall–Kier alpha value is -2.76. The molecule has 0 fully saturated rings. The fourth-order valence-electron chi connectivity index (χ4n) is 2.40. The number of nitrogens with zero attached hydrogens (tertiary/aromatic N) is 2. The van der Waals surface area contributed by atoms with Crippen LogP contribution < -0.4 is 19.7 Å². The third-order valence-corrected chi connectivity index (χ3v) is 3.58. The molecule has 1 amide bonds. The first-order valence-electron chi connectivity index (χ1n) is 7.64. The molecule has 6 heteroatoms. The van der Waals surface area contributed by atoms with Gasteiger partial charge in [0, 0.05) is 32.4 Å². The minimum atomic E-state index is -0.0595. The Morgan fingerprint density at radius 3 is 2.58 bits per heavy atom. The van der Waals surface area contributed by atoms with Gasteiger partial charge in [-0.25, -0.2) is 4.98 Å². The number of nitrogens with one attached hydrogen (secondary N) is 1. The topological polar surface area (TPSA) is 63.7 Å². The summed E-state index contributed by atoms with van der Waals surface area (Å²) in [6.45, 7) is 0.438. The number of anilines is 1. The number of carbonyl (C=O) groups is 1. The summed E-state index contributed by atoms with van der Waals surface area (Å²) >= 11 is 0. The fraction of sp³-hybridized carbons (Fsp3) is 0.333. The largest absolute Gasteiger partial charge is 0.493 e. The first kappa shape index (κ1) is 17.6. The lowest BCUT2D eigenvalue weighted by Gasteiger charge is -2.16. The molecule has 0 radical (unpaired) electrons. The summed E-state index contributed by atoms with van der Waals surface area (Å²) in [4.78, 5) is 18.5. The average molecular weight is 329 g/mol. The van der Waals surface area contributed by atoms with Crippen molar-refractivity contribution in [2.24, 2.45) is 0 Å². The van der Waals surface area contributed by atoms with Gasteiger partial charge in [0.15, 0.2) is 11.5 Å². The van der Waals surface area contributed by atoms with Crippen molar-refractivity contribution >= 4 is 11.7 Å². The zero-order valence-corrected chi connectivity index (χ0v) is 14.5. The average Bonchev–Trinajstić information content (AvgIpc) is 2.60. The van der Waals surface area contributed by atoms with E-state index in [0.29, 0.717) is 18.0 Å². The molecule has 0 aliphatic rings. The Kier molecular flexibility index (Phi) is 6.01. The number of benzene rings is 1. The van der Waals surface area contributed by atoms with Crippen molar-refractivity contribution in [3.63, 3.8) is 0 Å². The predicted molar refractivity (Wildman–Crippen MR) is 93.7 cm³/mol. The van der Waals surface area contributed by atoms with Crippen molar-refractivity contribution < 1.29 is 14.3 Å². The molecule has 0 aliphatic heterocycles. The summed E-state index contributed by atoms with van der Waals surface area (Å²) in [6.07, 6.45) is 2.02. The molecular formula is C18H23N3O3. The van der Waals surface area contributed by atoms with Crippen LogP contribution in [0.5, 0.6) is 11.5 Å². The summed E-state index contributed by atoms with van der Waals surface area (Å²) in [6, 6.07) is 9.29. The normalized spacial score (nSPS) is 10.2. The zero-order valence-electron chi connectivity index (χ0n) is 14.5. The molecule has 1 aromatic carbocycles. The lowest BCUT2D eigenvalue weighted by molar-refractivity contribution is -0.120. The number of pyridine rings is 1. The van der Waals surface area contributed by atoms with Crippen molar-refractivity contribution in [3.8, 4) is 11.5 Å². The van der Waals surface area contributed by atoms with Crippen molar-refractivity contribution in [1.29, 1.82) is 0 Å². The van der Waals surface area contributed by atoms with Gasteiger partial charge in [0.25, 0.3) is 0 Å². The van der Waals surface area contributed by atoms with Crippen LogP contribution in [0.1, 0.15) is 11.1 Å². The van der Waals surface area contributed by atoms with E-state index in [4.69, 9.17) is 9.47 Å². The number of aromatic nitrogens is 1. The van der Waals surface area contributed by atoms with Gasteiger partial charge in [0.2, 0.25) is 5.91 Å². The minimum absolute atomic E-state index is 0.0595. The van der Waals surface area contributed by atoms with Gasteiger partial charge < -0.3 is 19.7 Å².